The zero-order chi connectivity index (χ0) is 18.1. The molecule has 2 aliphatic rings. The van der Waals surface area contributed by atoms with E-state index in [1.54, 1.807) is 46.6 Å². The van der Waals surface area contributed by atoms with Crippen LogP contribution < -0.4 is 5.32 Å². The summed E-state index contributed by atoms with van der Waals surface area (Å²) >= 11 is 0. The van der Waals surface area contributed by atoms with Crippen LogP contribution in [0.1, 0.15) is 16.1 Å². The van der Waals surface area contributed by atoms with Crippen molar-refractivity contribution >= 4 is 17.7 Å². The molecule has 3 amide bonds. The van der Waals surface area contributed by atoms with E-state index >= 15 is 0 Å². The highest BCUT2D eigenvalue weighted by molar-refractivity contribution is 5.99. The van der Waals surface area contributed by atoms with Crippen LogP contribution in [0.25, 0.3) is 0 Å². The predicted octanol–water partition coefficient (Wildman–Crippen LogP) is -0.196. The molecule has 2 aliphatic heterocycles. The van der Waals surface area contributed by atoms with E-state index in [1.807, 2.05) is 6.07 Å². The van der Waals surface area contributed by atoms with Gasteiger partial charge in [0, 0.05) is 37.0 Å². The lowest BCUT2D eigenvalue weighted by Gasteiger charge is -2.45. The summed E-state index contributed by atoms with van der Waals surface area (Å²) in [5.41, 5.74) is 1.38. The van der Waals surface area contributed by atoms with Gasteiger partial charge < -0.3 is 20.1 Å². The van der Waals surface area contributed by atoms with Crippen LogP contribution in [0, 0.1) is 0 Å². The molecule has 0 radical (unpaired) electrons. The third kappa shape index (κ3) is 2.94. The zero-order valence-electron chi connectivity index (χ0n) is 14.1. The molecule has 134 valence electrons. The number of H-pyrrole nitrogens is 1. The first-order valence-electron chi connectivity index (χ1n) is 8.56. The van der Waals surface area contributed by atoms with Crippen LogP contribution in [0.15, 0.2) is 42.9 Å². The van der Waals surface area contributed by atoms with Crippen molar-refractivity contribution in [3.05, 3.63) is 54.1 Å². The number of aromatic nitrogens is 2. The number of benzene rings is 1. The fraction of sp³-hybridized carbons (Fsp3) is 0.333. The van der Waals surface area contributed by atoms with E-state index in [9.17, 15) is 14.4 Å². The molecule has 4 rings (SSSR count). The summed E-state index contributed by atoms with van der Waals surface area (Å²) in [5.74, 6) is -0.458. The lowest BCUT2D eigenvalue weighted by atomic mass is 10.0. The molecule has 0 spiro atoms. The summed E-state index contributed by atoms with van der Waals surface area (Å²) in [6.45, 7) is 0.983. The fourth-order valence-electron chi connectivity index (χ4n) is 3.50. The molecule has 0 unspecified atom stereocenters. The van der Waals surface area contributed by atoms with Crippen LogP contribution in [0.5, 0.6) is 0 Å². The summed E-state index contributed by atoms with van der Waals surface area (Å²) in [7, 11) is 0. The molecule has 2 saturated heterocycles. The van der Waals surface area contributed by atoms with Crippen molar-refractivity contribution in [1.29, 1.82) is 0 Å². The van der Waals surface area contributed by atoms with E-state index in [0.717, 1.165) is 5.69 Å². The number of imidazole rings is 1. The first-order chi connectivity index (χ1) is 12.6. The summed E-state index contributed by atoms with van der Waals surface area (Å²) < 4.78 is 0. The van der Waals surface area contributed by atoms with Gasteiger partial charge in [-0.3, -0.25) is 14.4 Å². The van der Waals surface area contributed by atoms with Gasteiger partial charge in [0.1, 0.15) is 12.1 Å². The van der Waals surface area contributed by atoms with E-state index in [-0.39, 0.29) is 24.3 Å². The Hall–Kier alpha value is -3.16. The molecule has 1 aromatic heterocycles. The van der Waals surface area contributed by atoms with Gasteiger partial charge >= 0.3 is 0 Å². The standard InChI is InChI=1S/C18H19N5O3/c24-16-15-10-22(17(25)12-4-2-1-3-5-12)6-7-23(15)18(26)14(21-16)8-13-9-19-11-20-13/h1-5,9,11,14-15H,6-8,10H2,(H,19,20)(H,21,24)/t14-,15+/m0/s1. The van der Waals surface area contributed by atoms with E-state index < -0.39 is 12.1 Å². The second-order valence-electron chi connectivity index (χ2n) is 6.51. The Balaban J connectivity index is 1.47. The van der Waals surface area contributed by atoms with Crippen LogP contribution in [0.2, 0.25) is 0 Å². The number of rotatable bonds is 3. The average molecular weight is 353 g/mol. The number of aromatic amines is 1. The summed E-state index contributed by atoms with van der Waals surface area (Å²) in [6, 6.07) is 7.72. The topological polar surface area (TPSA) is 98.4 Å². The molecule has 2 N–H and O–H groups in total. The Morgan fingerprint density at radius 3 is 2.73 bits per heavy atom. The number of hydrogen-bond acceptors (Lipinski definition) is 4. The number of nitrogens with one attached hydrogen (secondary N) is 2. The maximum absolute atomic E-state index is 12.8. The number of fused-ring (bicyclic) bond motifs is 1. The molecule has 2 aromatic rings. The molecular weight excluding hydrogens is 334 g/mol. The molecule has 2 fully saturated rings. The van der Waals surface area contributed by atoms with Gasteiger partial charge in [-0.1, -0.05) is 18.2 Å². The number of nitrogens with zero attached hydrogens (tertiary/aromatic N) is 3. The smallest absolute Gasteiger partial charge is 0.253 e. The van der Waals surface area contributed by atoms with Crippen molar-refractivity contribution < 1.29 is 14.4 Å². The van der Waals surface area contributed by atoms with Crippen LogP contribution in [0.3, 0.4) is 0 Å². The SMILES string of the molecule is O=C1N[C@@H](Cc2cnc[nH]2)C(=O)N2CCN(C(=O)c3ccccc3)C[C@H]12. The normalized spacial score (nSPS) is 22.8. The van der Waals surface area contributed by atoms with E-state index in [4.69, 9.17) is 0 Å². The zero-order valence-corrected chi connectivity index (χ0v) is 14.1. The highest BCUT2D eigenvalue weighted by Gasteiger charge is 2.44. The summed E-state index contributed by atoms with van der Waals surface area (Å²) in [6.07, 6.45) is 3.56. The van der Waals surface area contributed by atoms with Crippen molar-refractivity contribution in [2.75, 3.05) is 19.6 Å². The number of carbonyl (C=O) groups is 3. The molecule has 2 atom stereocenters. The highest BCUT2D eigenvalue weighted by Crippen LogP contribution is 2.19. The Morgan fingerprint density at radius 1 is 1.19 bits per heavy atom. The number of carbonyl (C=O) groups excluding carboxylic acids is 3. The van der Waals surface area contributed by atoms with Crippen LogP contribution in [-0.2, 0) is 16.0 Å². The molecule has 0 bridgehead atoms. The summed E-state index contributed by atoms with van der Waals surface area (Å²) in [4.78, 5) is 48.0. The van der Waals surface area contributed by atoms with Crippen LogP contribution in [0.4, 0.5) is 0 Å². The molecule has 8 nitrogen and oxygen atoms in total. The van der Waals surface area contributed by atoms with Gasteiger partial charge in [-0.05, 0) is 12.1 Å². The third-order valence-corrected chi connectivity index (χ3v) is 4.87. The first kappa shape index (κ1) is 16.3. The van der Waals surface area contributed by atoms with Crippen molar-refractivity contribution in [1.82, 2.24) is 25.1 Å². The molecule has 0 saturated carbocycles. The molecule has 0 aliphatic carbocycles. The Kier molecular flexibility index (Phi) is 4.16. The van der Waals surface area contributed by atoms with Gasteiger partial charge in [0.2, 0.25) is 11.8 Å². The molecule has 8 heteroatoms. The Morgan fingerprint density at radius 2 is 2.00 bits per heavy atom. The third-order valence-electron chi connectivity index (χ3n) is 4.87. The lowest BCUT2D eigenvalue weighted by molar-refractivity contribution is -0.152. The Bertz CT molecular complexity index is 821. The van der Waals surface area contributed by atoms with E-state index in [0.29, 0.717) is 25.1 Å². The minimum absolute atomic E-state index is 0.115. The maximum atomic E-state index is 12.8. The van der Waals surface area contributed by atoms with Crippen LogP contribution >= 0.6 is 0 Å². The second-order valence-corrected chi connectivity index (χ2v) is 6.51. The maximum Gasteiger partial charge on any atom is 0.253 e. The first-order valence-corrected chi connectivity index (χ1v) is 8.56. The van der Waals surface area contributed by atoms with Gasteiger partial charge in [-0.15, -0.1) is 0 Å². The molecule has 3 heterocycles. The van der Waals surface area contributed by atoms with Gasteiger partial charge in [0.25, 0.3) is 5.91 Å². The van der Waals surface area contributed by atoms with Crippen molar-refractivity contribution in [2.45, 2.75) is 18.5 Å². The monoisotopic (exact) mass is 353 g/mol. The second kappa shape index (κ2) is 6.62. The number of hydrogen-bond donors (Lipinski definition) is 2. The van der Waals surface area contributed by atoms with Gasteiger partial charge in [0.15, 0.2) is 0 Å². The highest BCUT2D eigenvalue weighted by atomic mass is 16.2. The van der Waals surface area contributed by atoms with Crippen LogP contribution in [-0.4, -0.2) is 69.2 Å². The lowest BCUT2D eigenvalue weighted by Crippen LogP contribution is -2.70. The summed E-state index contributed by atoms with van der Waals surface area (Å²) in [5, 5.41) is 2.79. The molecule has 1 aromatic carbocycles. The van der Waals surface area contributed by atoms with Gasteiger partial charge in [-0.2, -0.15) is 0 Å². The van der Waals surface area contributed by atoms with E-state index in [2.05, 4.69) is 15.3 Å². The minimum atomic E-state index is -0.637. The number of piperazine rings is 2. The molecule has 26 heavy (non-hydrogen) atoms. The van der Waals surface area contributed by atoms with Crippen molar-refractivity contribution in [3.63, 3.8) is 0 Å². The number of amides is 3. The largest absolute Gasteiger partial charge is 0.348 e. The average Bonchev–Trinajstić information content (AvgIpc) is 3.19. The van der Waals surface area contributed by atoms with Crippen molar-refractivity contribution in [2.24, 2.45) is 0 Å². The van der Waals surface area contributed by atoms with Gasteiger partial charge in [0.05, 0.1) is 12.9 Å². The predicted molar refractivity (Wildman–Crippen MR) is 92.1 cm³/mol. The van der Waals surface area contributed by atoms with Crippen molar-refractivity contribution in [3.8, 4) is 0 Å². The van der Waals surface area contributed by atoms with E-state index in [1.165, 1.54) is 0 Å². The fourth-order valence-corrected chi connectivity index (χ4v) is 3.50. The molecular formula is C18H19N5O3. The van der Waals surface area contributed by atoms with Gasteiger partial charge in [-0.25, -0.2) is 4.98 Å². The quantitative estimate of drug-likeness (QED) is 0.799. The minimum Gasteiger partial charge on any atom is -0.348 e. The Labute approximate surface area is 150 Å².